The summed E-state index contributed by atoms with van der Waals surface area (Å²) in [6.45, 7) is 3.98. The van der Waals surface area contributed by atoms with E-state index in [0.29, 0.717) is 12.3 Å². The average molecular weight is 452 g/mol. The second-order valence-corrected chi connectivity index (χ2v) is 9.80. The fourth-order valence-corrected chi connectivity index (χ4v) is 6.24. The molecule has 0 amide bonds. The first-order valence-corrected chi connectivity index (χ1v) is 12.9. The van der Waals surface area contributed by atoms with E-state index >= 15 is 0 Å². The van der Waals surface area contributed by atoms with Crippen LogP contribution in [0, 0.1) is 0 Å². The van der Waals surface area contributed by atoms with Gasteiger partial charge >= 0.3 is 14.1 Å². The Bertz CT molecular complexity index is 1180. The number of benzene rings is 2. The van der Waals surface area contributed by atoms with Crippen LogP contribution < -0.4 is 5.09 Å². The zero-order valence-corrected chi connectivity index (χ0v) is 19.7. The topological polar surface area (TPSA) is 64.6 Å². The van der Waals surface area contributed by atoms with Crippen molar-refractivity contribution in [2.24, 2.45) is 0 Å². The van der Waals surface area contributed by atoms with Crippen LogP contribution in [-0.4, -0.2) is 12.6 Å². The van der Waals surface area contributed by atoms with Crippen LogP contribution in [0.3, 0.4) is 0 Å². The van der Waals surface area contributed by atoms with Gasteiger partial charge in [-0.05, 0) is 99.6 Å². The molecule has 5 rings (SSSR count). The van der Waals surface area contributed by atoms with Crippen molar-refractivity contribution >= 4 is 36.1 Å². The minimum absolute atomic E-state index is 0.349. The van der Waals surface area contributed by atoms with Crippen LogP contribution in [-0.2, 0) is 35.2 Å². The Kier molecular flexibility index (Phi) is 6.01. The van der Waals surface area contributed by atoms with Crippen molar-refractivity contribution in [2.75, 3.05) is 11.7 Å². The number of hydrogen-bond acceptors (Lipinski definition) is 5. The Morgan fingerprint density at radius 2 is 1.47 bits per heavy atom. The second-order valence-electron chi connectivity index (χ2n) is 8.70. The first kappa shape index (κ1) is 21.2. The summed E-state index contributed by atoms with van der Waals surface area (Å²) >= 11 is 0. The molecule has 0 unspecified atom stereocenters. The minimum atomic E-state index is -1.50. The highest BCUT2D eigenvalue weighted by Gasteiger charge is 2.21. The SMILES string of the molecule is CCOC(=O)/C=C(/C)Np1oc2ccc3c(c2c2c4c(ccc2o1)CCCC4)CCCC3. The van der Waals surface area contributed by atoms with E-state index in [1.165, 1.54) is 64.8 Å². The maximum Gasteiger partial charge on any atom is 0.338 e. The lowest BCUT2D eigenvalue weighted by Gasteiger charge is -2.20. The summed E-state index contributed by atoms with van der Waals surface area (Å²) in [7, 11) is -1.50. The van der Waals surface area contributed by atoms with Gasteiger partial charge in [-0.3, -0.25) is 5.09 Å². The van der Waals surface area contributed by atoms with E-state index in [1.807, 2.05) is 6.92 Å². The van der Waals surface area contributed by atoms with Gasteiger partial charge in [0.2, 0.25) is 0 Å². The summed E-state index contributed by atoms with van der Waals surface area (Å²) in [6.07, 6.45) is 10.8. The van der Waals surface area contributed by atoms with Gasteiger partial charge in [-0.15, -0.1) is 0 Å². The highest BCUT2D eigenvalue weighted by Crippen LogP contribution is 2.41. The van der Waals surface area contributed by atoms with Crippen molar-refractivity contribution < 1.29 is 17.9 Å². The smallest absolute Gasteiger partial charge is 0.338 e. The fourth-order valence-electron chi connectivity index (χ4n) is 5.09. The van der Waals surface area contributed by atoms with Gasteiger partial charge in [0.25, 0.3) is 0 Å². The normalized spacial score (nSPS) is 15.9. The molecular formula is C26H30NO4P. The average Bonchev–Trinajstić information content (AvgIpc) is 2.95. The number of rotatable bonds is 4. The van der Waals surface area contributed by atoms with Crippen LogP contribution in [0.5, 0.6) is 0 Å². The number of nitrogens with one attached hydrogen (secondary N) is 1. The molecule has 0 radical (unpaired) electrons. The van der Waals surface area contributed by atoms with E-state index in [1.54, 1.807) is 6.92 Å². The largest absolute Gasteiger partial charge is 0.463 e. The van der Waals surface area contributed by atoms with Gasteiger partial charge in [0.05, 0.1) is 6.61 Å². The molecule has 3 aromatic rings. The Morgan fingerprint density at radius 3 is 2.00 bits per heavy atom. The first-order chi connectivity index (χ1) is 15.6. The second kappa shape index (κ2) is 9.07. The molecule has 0 saturated heterocycles. The lowest BCUT2D eigenvalue weighted by molar-refractivity contribution is -0.137. The quantitative estimate of drug-likeness (QED) is 0.340. The van der Waals surface area contributed by atoms with Crippen molar-refractivity contribution in [3.05, 3.63) is 58.3 Å². The number of ether oxygens (including phenoxy) is 1. The highest BCUT2D eigenvalue weighted by molar-refractivity contribution is 7.39. The Hall–Kier alpha value is -2.65. The highest BCUT2D eigenvalue weighted by atomic mass is 31.1. The van der Waals surface area contributed by atoms with E-state index < -0.39 is 8.16 Å². The molecular weight excluding hydrogens is 421 g/mol. The molecule has 1 aromatic heterocycles. The van der Waals surface area contributed by atoms with Crippen molar-refractivity contribution in [2.45, 2.75) is 65.2 Å². The van der Waals surface area contributed by atoms with E-state index in [9.17, 15) is 4.79 Å². The molecule has 2 aliphatic rings. The third-order valence-corrected chi connectivity index (χ3v) is 7.75. The standard InChI is InChI=1S/C26H30NO4P/c1-3-29-24(28)16-17(2)27-32-30-22-14-12-18-8-4-6-10-20(18)25(22)26-21-11-7-5-9-19(21)13-15-23(26)31-32/h12-16,27H,3-11H2,1-2H3/b17-16-. The summed E-state index contributed by atoms with van der Waals surface area (Å²) in [5.74, 6) is -0.369. The van der Waals surface area contributed by atoms with Crippen LogP contribution in [0.15, 0.2) is 44.4 Å². The van der Waals surface area contributed by atoms with Gasteiger partial charge in [0, 0.05) is 22.5 Å². The summed E-state index contributed by atoms with van der Waals surface area (Å²) in [6, 6.07) is 8.67. The van der Waals surface area contributed by atoms with Gasteiger partial charge < -0.3 is 13.1 Å². The maximum atomic E-state index is 11.9. The Morgan fingerprint density at radius 1 is 0.938 bits per heavy atom. The zero-order valence-electron chi connectivity index (χ0n) is 18.8. The number of esters is 1. The van der Waals surface area contributed by atoms with Gasteiger partial charge in [-0.1, -0.05) is 12.1 Å². The van der Waals surface area contributed by atoms with E-state index in [-0.39, 0.29) is 5.97 Å². The van der Waals surface area contributed by atoms with Gasteiger partial charge in [-0.2, -0.15) is 0 Å². The molecule has 0 saturated carbocycles. The third-order valence-electron chi connectivity index (χ3n) is 6.49. The Labute approximate surface area is 189 Å². The molecule has 168 valence electrons. The number of hydrogen-bond donors (Lipinski definition) is 1. The number of allylic oxidation sites excluding steroid dienone is 1. The third kappa shape index (κ3) is 4.06. The lowest BCUT2D eigenvalue weighted by atomic mass is 9.84. The summed E-state index contributed by atoms with van der Waals surface area (Å²) in [5.41, 5.74) is 8.15. The van der Waals surface area contributed by atoms with Gasteiger partial charge in [-0.25, -0.2) is 4.79 Å². The number of fused-ring (bicyclic) bond motifs is 7. The van der Waals surface area contributed by atoms with E-state index in [4.69, 9.17) is 13.1 Å². The number of aryl methyl sites for hydroxylation is 4. The monoisotopic (exact) mass is 451 g/mol. The number of carbonyl (C=O) groups is 1. The molecule has 6 heteroatoms. The molecule has 0 aliphatic heterocycles. The zero-order chi connectivity index (χ0) is 22.1. The fraction of sp³-hybridized carbons (Fsp3) is 0.423. The maximum absolute atomic E-state index is 11.9. The molecule has 0 bridgehead atoms. The van der Waals surface area contributed by atoms with Crippen LogP contribution in [0.1, 0.15) is 61.8 Å². The van der Waals surface area contributed by atoms with Crippen molar-refractivity contribution in [3.8, 4) is 0 Å². The van der Waals surface area contributed by atoms with Crippen LogP contribution >= 0.6 is 8.16 Å². The van der Waals surface area contributed by atoms with Gasteiger partial charge in [0.1, 0.15) is 11.2 Å². The van der Waals surface area contributed by atoms with Crippen LogP contribution in [0.4, 0.5) is 0 Å². The molecule has 1 heterocycles. The summed E-state index contributed by atoms with van der Waals surface area (Å²) in [4.78, 5) is 11.9. The summed E-state index contributed by atoms with van der Waals surface area (Å²) < 4.78 is 17.9. The van der Waals surface area contributed by atoms with Crippen molar-refractivity contribution in [3.63, 3.8) is 0 Å². The molecule has 1 N–H and O–H groups in total. The van der Waals surface area contributed by atoms with Gasteiger partial charge in [0.15, 0.2) is 0 Å². The predicted molar refractivity (Wildman–Crippen MR) is 129 cm³/mol. The number of carbonyl (C=O) groups excluding carboxylic acids is 1. The molecule has 2 aliphatic carbocycles. The molecule has 0 atom stereocenters. The molecule has 32 heavy (non-hydrogen) atoms. The lowest BCUT2D eigenvalue weighted by Crippen LogP contribution is -2.05. The van der Waals surface area contributed by atoms with Crippen molar-refractivity contribution in [1.29, 1.82) is 0 Å². The molecule has 5 nitrogen and oxygen atoms in total. The van der Waals surface area contributed by atoms with Crippen molar-refractivity contribution in [1.82, 2.24) is 0 Å². The summed E-state index contributed by atoms with van der Waals surface area (Å²) in [5, 5.41) is 5.73. The molecule has 2 aromatic carbocycles. The first-order valence-electron chi connectivity index (χ1n) is 11.7. The van der Waals surface area contributed by atoms with Crippen LogP contribution in [0.2, 0.25) is 0 Å². The molecule has 0 fully saturated rings. The minimum Gasteiger partial charge on any atom is -0.463 e. The van der Waals surface area contributed by atoms with E-state index in [0.717, 1.165) is 36.8 Å². The predicted octanol–water partition coefficient (Wildman–Crippen LogP) is 7.06. The van der Waals surface area contributed by atoms with E-state index in [2.05, 4.69) is 29.4 Å². The Balaban J connectivity index is 1.76. The van der Waals surface area contributed by atoms with Crippen LogP contribution in [0.25, 0.3) is 21.9 Å². The molecule has 0 spiro atoms.